The third kappa shape index (κ3) is 2.34. The van der Waals surface area contributed by atoms with E-state index in [0.717, 1.165) is 11.4 Å². The summed E-state index contributed by atoms with van der Waals surface area (Å²) in [5.74, 6) is 1.50. The number of rotatable bonds is 4. The molecule has 2 nitrogen and oxygen atoms in total. The van der Waals surface area contributed by atoms with Gasteiger partial charge in [0.05, 0.1) is 18.2 Å². The molecule has 0 amide bonds. The van der Waals surface area contributed by atoms with Crippen LogP contribution in [0.1, 0.15) is 6.92 Å². The third-order valence-electron chi connectivity index (χ3n) is 1.46. The van der Waals surface area contributed by atoms with E-state index in [1.54, 1.807) is 0 Å². The Labute approximate surface area is 78.3 Å². The first-order valence-electron chi connectivity index (χ1n) is 3.95. The number of nitrogens with one attached hydrogen (secondary N) is 1. The summed E-state index contributed by atoms with van der Waals surface area (Å²) in [6.07, 6.45) is 0. The highest BCUT2D eigenvalue weighted by Gasteiger charge is 1.98. The molecule has 0 aromatic heterocycles. The van der Waals surface area contributed by atoms with E-state index in [1.807, 2.05) is 31.2 Å². The van der Waals surface area contributed by atoms with Gasteiger partial charge in [-0.05, 0) is 19.1 Å². The van der Waals surface area contributed by atoms with Crippen LogP contribution in [0.5, 0.6) is 5.75 Å². The second-order valence-electron chi connectivity index (χ2n) is 2.26. The lowest BCUT2D eigenvalue weighted by atomic mass is 10.3. The number of thiol groups is 1. The largest absolute Gasteiger partial charge is 0.492 e. The summed E-state index contributed by atoms with van der Waals surface area (Å²) in [7, 11) is 0. The van der Waals surface area contributed by atoms with Gasteiger partial charge in [-0.15, -0.1) is 0 Å². The van der Waals surface area contributed by atoms with Crippen LogP contribution in [-0.4, -0.2) is 12.5 Å². The first-order chi connectivity index (χ1) is 5.88. The summed E-state index contributed by atoms with van der Waals surface area (Å²) < 4.78 is 5.39. The van der Waals surface area contributed by atoms with Crippen molar-refractivity contribution in [3.8, 4) is 5.75 Å². The molecule has 0 spiro atoms. The topological polar surface area (TPSA) is 21.3 Å². The number of hydrogen-bond acceptors (Lipinski definition) is 3. The second kappa shape index (κ2) is 4.93. The number of hydrogen-bond donors (Lipinski definition) is 2. The Morgan fingerprint density at radius 3 is 2.83 bits per heavy atom. The second-order valence-corrected chi connectivity index (χ2v) is 2.58. The van der Waals surface area contributed by atoms with Crippen molar-refractivity contribution in [3.05, 3.63) is 24.3 Å². The molecule has 0 aliphatic heterocycles. The van der Waals surface area contributed by atoms with Gasteiger partial charge in [0.2, 0.25) is 0 Å². The van der Waals surface area contributed by atoms with Crippen LogP contribution in [0.2, 0.25) is 0 Å². The summed E-state index contributed by atoms with van der Waals surface area (Å²) in [6.45, 7) is 2.66. The van der Waals surface area contributed by atoms with E-state index in [1.165, 1.54) is 0 Å². The lowest BCUT2D eigenvalue weighted by molar-refractivity contribution is 0.342. The Morgan fingerprint density at radius 1 is 1.42 bits per heavy atom. The van der Waals surface area contributed by atoms with E-state index in [-0.39, 0.29) is 0 Å². The highest BCUT2D eigenvalue weighted by Crippen LogP contribution is 2.23. The van der Waals surface area contributed by atoms with Crippen molar-refractivity contribution < 1.29 is 4.74 Å². The van der Waals surface area contributed by atoms with Crippen molar-refractivity contribution in [2.45, 2.75) is 6.92 Å². The maximum absolute atomic E-state index is 5.39. The highest BCUT2D eigenvalue weighted by atomic mass is 32.1. The molecule has 0 saturated carbocycles. The Balaban J connectivity index is 2.77. The van der Waals surface area contributed by atoms with Crippen LogP contribution >= 0.6 is 12.6 Å². The minimum atomic E-state index is 0.615. The van der Waals surface area contributed by atoms with E-state index in [9.17, 15) is 0 Å². The van der Waals surface area contributed by atoms with E-state index in [0.29, 0.717) is 12.5 Å². The molecule has 0 unspecified atom stereocenters. The van der Waals surface area contributed by atoms with Gasteiger partial charge in [-0.3, -0.25) is 0 Å². The van der Waals surface area contributed by atoms with Gasteiger partial charge in [0, 0.05) is 0 Å². The minimum absolute atomic E-state index is 0.615. The molecule has 0 bridgehead atoms. The number of anilines is 1. The highest BCUT2D eigenvalue weighted by molar-refractivity contribution is 7.80. The quantitative estimate of drug-likeness (QED) is 0.552. The first-order valence-corrected chi connectivity index (χ1v) is 4.58. The first kappa shape index (κ1) is 9.26. The van der Waals surface area contributed by atoms with Crippen LogP contribution in [0.3, 0.4) is 0 Å². The fourth-order valence-corrected chi connectivity index (χ4v) is 1.15. The smallest absolute Gasteiger partial charge is 0.142 e. The fraction of sp³-hybridized carbons (Fsp3) is 0.333. The van der Waals surface area contributed by atoms with Gasteiger partial charge in [0.15, 0.2) is 0 Å². The molecule has 0 aliphatic carbocycles. The van der Waals surface area contributed by atoms with Crippen LogP contribution in [0, 0.1) is 0 Å². The molecule has 0 atom stereocenters. The lowest BCUT2D eigenvalue weighted by Crippen LogP contribution is -1.99. The molecule has 12 heavy (non-hydrogen) atoms. The normalized spacial score (nSPS) is 9.50. The fourth-order valence-electron chi connectivity index (χ4n) is 0.979. The molecule has 1 N–H and O–H groups in total. The molecule has 1 aromatic carbocycles. The maximum atomic E-state index is 5.39. The van der Waals surface area contributed by atoms with Gasteiger partial charge in [-0.2, -0.15) is 12.6 Å². The average Bonchev–Trinajstić information content (AvgIpc) is 2.09. The Morgan fingerprint density at radius 2 is 2.17 bits per heavy atom. The summed E-state index contributed by atoms with van der Waals surface area (Å²) in [5, 5.41) is 3.10. The monoisotopic (exact) mass is 183 g/mol. The molecular weight excluding hydrogens is 170 g/mol. The molecule has 0 fully saturated rings. The van der Waals surface area contributed by atoms with Crippen LogP contribution < -0.4 is 10.1 Å². The van der Waals surface area contributed by atoms with Crippen molar-refractivity contribution >= 4 is 18.3 Å². The van der Waals surface area contributed by atoms with Crippen LogP contribution in [0.4, 0.5) is 5.69 Å². The van der Waals surface area contributed by atoms with Gasteiger partial charge in [-0.1, -0.05) is 12.1 Å². The summed E-state index contributed by atoms with van der Waals surface area (Å²) in [4.78, 5) is 0. The van der Waals surface area contributed by atoms with Gasteiger partial charge >= 0.3 is 0 Å². The van der Waals surface area contributed by atoms with E-state index in [4.69, 9.17) is 4.74 Å². The van der Waals surface area contributed by atoms with Gasteiger partial charge < -0.3 is 10.1 Å². The van der Waals surface area contributed by atoms with Crippen molar-refractivity contribution in [2.24, 2.45) is 0 Å². The minimum Gasteiger partial charge on any atom is -0.492 e. The maximum Gasteiger partial charge on any atom is 0.142 e. The zero-order valence-corrected chi connectivity index (χ0v) is 7.97. The van der Waals surface area contributed by atoms with E-state index in [2.05, 4.69) is 17.9 Å². The van der Waals surface area contributed by atoms with Gasteiger partial charge in [0.1, 0.15) is 5.75 Å². The van der Waals surface area contributed by atoms with E-state index >= 15 is 0 Å². The average molecular weight is 183 g/mol. The Hall–Kier alpha value is -0.830. The number of ether oxygens (including phenoxy) is 1. The molecule has 66 valence electrons. The van der Waals surface area contributed by atoms with Crippen molar-refractivity contribution in [1.29, 1.82) is 0 Å². The van der Waals surface area contributed by atoms with Crippen molar-refractivity contribution in [2.75, 3.05) is 17.8 Å². The standard InChI is InChI=1S/C9H13NOS/c1-2-11-9-6-4-3-5-8(9)10-7-12/h3-6,10,12H,2,7H2,1H3. The molecule has 0 radical (unpaired) electrons. The van der Waals surface area contributed by atoms with Crippen LogP contribution in [0.15, 0.2) is 24.3 Å². The van der Waals surface area contributed by atoms with Crippen molar-refractivity contribution in [3.63, 3.8) is 0 Å². The summed E-state index contributed by atoms with van der Waals surface area (Å²) in [6, 6.07) is 7.83. The number of benzene rings is 1. The van der Waals surface area contributed by atoms with Gasteiger partial charge in [0.25, 0.3) is 0 Å². The summed E-state index contributed by atoms with van der Waals surface area (Å²) >= 11 is 4.08. The Kier molecular flexibility index (Phi) is 3.80. The zero-order valence-electron chi connectivity index (χ0n) is 7.08. The Bertz CT molecular complexity index is 215. The lowest BCUT2D eigenvalue weighted by Gasteiger charge is -2.09. The molecule has 0 aliphatic rings. The SMILES string of the molecule is CCOc1ccccc1NCS. The van der Waals surface area contributed by atoms with Gasteiger partial charge in [-0.25, -0.2) is 0 Å². The molecule has 3 heteroatoms. The van der Waals surface area contributed by atoms with Crippen LogP contribution in [0.25, 0.3) is 0 Å². The van der Waals surface area contributed by atoms with E-state index < -0.39 is 0 Å². The third-order valence-corrected chi connectivity index (χ3v) is 1.61. The predicted molar refractivity (Wildman–Crippen MR) is 55.1 cm³/mol. The molecule has 0 heterocycles. The predicted octanol–water partition coefficient (Wildman–Crippen LogP) is 2.38. The molecule has 0 saturated heterocycles. The zero-order chi connectivity index (χ0) is 8.81. The number of para-hydroxylation sites is 2. The van der Waals surface area contributed by atoms with Crippen molar-refractivity contribution in [1.82, 2.24) is 0 Å². The molecule has 1 rings (SSSR count). The molecule has 1 aromatic rings. The summed E-state index contributed by atoms with van der Waals surface area (Å²) in [5.41, 5.74) is 0.995. The van der Waals surface area contributed by atoms with Crippen LogP contribution in [-0.2, 0) is 0 Å². The molecular formula is C9H13NOS.